The molecule has 1 aromatic carbocycles. The summed E-state index contributed by atoms with van der Waals surface area (Å²) in [6.45, 7) is 3.03. The summed E-state index contributed by atoms with van der Waals surface area (Å²) in [5.41, 5.74) is 2.24. The van der Waals surface area contributed by atoms with Crippen LogP contribution < -0.4 is 9.54 Å². The zero-order valence-corrected chi connectivity index (χ0v) is 15.5. The molecule has 7 nitrogen and oxygen atoms in total. The van der Waals surface area contributed by atoms with Crippen molar-refractivity contribution in [1.29, 1.82) is 0 Å². The lowest BCUT2D eigenvalue weighted by Crippen LogP contribution is -2.19. The number of carbonyl (C=O) groups is 1. The van der Waals surface area contributed by atoms with E-state index in [1.54, 1.807) is 32.0 Å². The molecule has 0 N–H and O–H groups in total. The van der Waals surface area contributed by atoms with Crippen LogP contribution in [0.1, 0.15) is 16.2 Å². The van der Waals surface area contributed by atoms with Crippen LogP contribution in [0.2, 0.25) is 0 Å². The average molecular weight is 360 g/mol. The number of aryl methyl sites for hydroxylation is 2. The lowest BCUT2D eigenvalue weighted by Gasteiger charge is -2.04. The largest absolute Gasteiger partial charge is 0.497 e. The van der Waals surface area contributed by atoms with Crippen molar-refractivity contribution >= 4 is 27.5 Å². The Labute approximate surface area is 149 Å². The van der Waals surface area contributed by atoms with Crippen LogP contribution >= 0.6 is 11.3 Å². The zero-order chi connectivity index (χ0) is 18.0. The van der Waals surface area contributed by atoms with Gasteiger partial charge in [0.25, 0.3) is 5.91 Å². The minimum Gasteiger partial charge on any atom is -0.497 e. The fourth-order valence-electron chi connectivity index (χ4n) is 2.47. The van der Waals surface area contributed by atoms with Gasteiger partial charge in [-0.05, 0) is 31.2 Å². The Morgan fingerprint density at radius 1 is 1.32 bits per heavy atom. The smallest absolute Gasteiger partial charge is 0.300 e. The molecular weight excluding hydrogens is 340 g/mol. The first-order valence-corrected chi connectivity index (χ1v) is 8.61. The molecule has 1 amide bonds. The maximum atomic E-state index is 12.5. The van der Waals surface area contributed by atoms with Gasteiger partial charge in [0.2, 0.25) is 0 Å². The summed E-state index contributed by atoms with van der Waals surface area (Å²) >= 11 is 1.44. The Hall–Kier alpha value is -2.45. The Bertz CT molecular complexity index is 964. The molecule has 0 spiro atoms. The first kappa shape index (κ1) is 17.4. The topological polar surface area (TPSA) is 70.6 Å². The highest BCUT2D eigenvalue weighted by Crippen LogP contribution is 2.23. The van der Waals surface area contributed by atoms with E-state index in [1.165, 1.54) is 11.3 Å². The standard InChI is InChI=1S/C17H20N4O3S/c1-11-9-13(19-20(11)2)16(22)18-17-21(7-8-23-3)14-6-5-12(24-4)10-15(14)25-17/h5-6,9-10H,7-8H2,1-4H3. The van der Waals surface area contributed by atoms with Gasteiger partial charge < -0.3 is 14.0 Å². The first-order chi connectivity index (χ1) is 12.0. The molecule has 0 atom stereocenters. The van der Waals surface area contributed by atoms with Crippen molar-refractivity contribution in [2.45, 2.75) is 13.5 Å². The summed E-state index contributed by atoms with van der Waals surface area (Å²) in [6, 6.07) is 7.54. The maximum absolute atomic E-state index is 12.5. The Morgan fingerprint density at radius 2 is 2.12 bits per heavy atom. The van der Waals surface area contributed by atoms with E-state index in [9.17, 15) is 4.79 Å². The number of ether oxygens (including phenoxy) is 2. The molecule has 25 heavy (non-hydrogen) atoms. The van der Waals surface area contributed by atoms with E-state index >= 15 is 0 Å². The molecule has 0 aliphatic carbocycles. The fraction of sp³-hybridized carbons (Fsp3) is 0.353. The first-order valence-electron chi connectivity index (χ1n) is 7.79. The predicted molar refractivity (Wildman–Crippen MR) is 96.1 cm³/mol. The van der Waals surface area contributed by atoms with Gasteiger partial charge in [-0.25, -0.2) is 0 Å². The van der Waals surface area contributed by atoms with Gasteiger partial charge in [0.15, 0.2) is 10.5 Å². The van der Waals surface area contributed by atoms with E-state index in [1.807, 2.05) is 29.7 Å². The molecular formula is C17H20N4O3S. The van der Waals surface area contributed by atoms with Gasteiger partial charge in [-0.3, -0.25) is 9.48 Å². The molecule has 0 saturated carbocycles. The van der Waals surface area contributed by atoms with E-state index in [4.69, 9.17) is 9.47 Å². The van der Waals surface area contributed by atoms with Crippen molar-refractivity contribution in [1.82, 2.24) is 14.3 Å². The second-order valence-electron chi connectivity index (χ2n) is 5.57. The molecule has 0 aliphatic rings. The second-order valence-corrected chi connectivity index (χ2v) is 6.58. The molecule has 3 aromatic rings. The minimum atomic E-state index is -0.353. The summed E-state index contributed by atoms with van der Waals surface area (Å²) in [4.78, 5) is 17.4. The lowest BCUT2D eigenvalue weighted by atomic mass is 10.3. The molecule has 0 fully saturated rings. The van der Waals surface area contributed by atoms with Gasteiger partial charge in [-0.1, -0.05) is 11.3 Å². The van der Waals surface area contributed by atoms with E-state index < -0.39 is 0 Å². The maximum Gasteiger partial charge on any atom is 0.300 e. The van der Waals surface area contributed by atoms with Gasteiger partial charge in [0, 0.05) is 26.4 Å². The van der Waals surface area contributed by atoms with Crippen LogP contribution in [0.15, 0.2) is 29.3 Å². The third-order valence-electron chi connectivity index (χ3n) is 3.94. The number of methoxy groups -OCH3 is 2. The van der Waals surface area contributed by atoms with E-state index in [-0.39, 0.29) is 5.91 Å². The number of nitrogens with zero attached hydrogens (tertiary/aromatic N) is 4. The summed E-state index contributed by atoms with van der Waals surface area (Å²) in [6.07, 6.45) is 0. The van der Waals surface area contributed by atoms with Crippen molar-refractivity contribution < 1.29 is 14.3 Å². The molecule has 0 aliphatic heterocycles. The van der Waals surface area contributed by atoms with Crippen molar-refractivity contribution in [3.8, 4) is 5.75 Å². The molecule has 132 valence electrons. The highest BCUT2D eigenvalue weighted by molar-refractivity contribution is 7.16. The molecule has 0 saturated heterocycles. The van der Waals surface area contributed by atoms with Crippen molar-refractivity contribution in [3.05, 3.63) is 40.5 Å². The number of hydrogen-bond acceptors (Lipinski definition) is 5. The number of aromatic nitrogens is 3. The third kappa shape index (κ3) is 3.49. The Kier molecular flexibility index (Phi) is 5.00. The molecule has 0 bridgehead atoms. The molecule has 0 unspecified atom stereocenters. The van der Waals surface area contributed by atoms with Crippen LogP contribution in [0.4, 0.5) is 0 Å². The van der Waals surface area contributed by atoms with Crippen LogP contribution in [0.5, 0.6) is 5.75 Å². The van der Waals surface area contributed by atoms with Gasteiger partial charge in [-0.15, -0.1) is 0 Å². The van der Waals surface area contributed by atoms with Gasteiger partial charge in [0.1, 0.15) is 5.75 Å². The van der Waals surface area contributed by atoms with Crippen molar-refractivity contribution in [3.63, 3.8) is 0 Å². The van der Waals surface area contributed by atoms with E-state index in [2.05, 4.69) is 10.1 Å². The number of benzene rings is 1. The zero-order valence-electron chi connectivity index (χ0n) is 14.6. The Morgan fingerprint density at radius 3 is 2.76 bits per heavy atom. The Balaban J connectivity index is 2.10. The number of carbonyl (C=O) groups excluding carboxylic acids is 1. The average Bonchev–Trinajstić information content (AvgIpc) is 3.12. The molecule has 8 heteroatoms. The summed E-state index contributed by atoms with van der Waals surface area (Å²) < 4.78 is 15.1. The van der Waals surface area contributed by atoms with Crippen molar-refractivity contribution in [2.75, 3.05) is 20.8 Å². The molecule has 2 heterocycles. The number of hydrogen-bond donors (Lipinski definition) is 0. The number of fused-ring (bicyclic) bond motifs is 1. The van der Waals surface area contributed by atoms with Crippen LogP contribution in [-0.4, -0.2) is 41.1 Å². The minimum absolute atomic E-state index is 0.341. The monoisotopic (exact) mass is 360 g/mol. The van der Waals surface area contributed by atoms with Crippen LogP contribution in [-0.2, 0) is 18.3 Å². The number of amides is 1. The quantitative estimate of drug-likeness (QED) is 0.699. The highest BCUT2D eigenvalue weighted by atomic mass is 32.1. The summed E-state index contributed by atoms with van der Waals surface area (Å²) in [5, 5.41) is 4.20. The number of thiazole rings is 1. The third-order valence-corrected chi connectivity index (χ3v) is 4.98. The molecule has 0 radical (unpaired) electrons. The molecule has 2 aromatic heterocycles. The highest BCUT2D eigenvalue weighted by Gasteiger charge is 2.13. The lowest BCUT2D eigenvalue weighted by molar-refractivity contribution is 0.0992. The van der Waals surface area contributed by atoms with Gasteiger partial charge in [0.05, 0.1) is 23.9 Å². The van der Waals surface area contributed by atoms with E-state index in [0.29, 0.717) is 23.6 Å². The van der Waals surface area contributed by atoms with Crippen LogP contribution in [0, 0.1) is 6.92 Å². The van der Waals surface area contributed by atoms with Gasteiger partial charge in [-0.2, -0.15) is 10.1 Å². The van der Waals surface area contributed by atoms with Crippen molar-refractivity contribution in [2.24, 2.45) is 12.0 Å². The SMILES string of the molecule is COCCn1c(=NC(=O)c2cc(C)n(C)n2)sc2cc(OC)ccc21. The van der Waals surface area contributed by atoms with Crippen LogP contribution in [0.3, 0.4) is 0 Å². The summed E-state index contributed by atoms with van der Waals surface area (Å²) in [5.74, 6) is 0.416. The predicted octanol–water partition coefficient (Wildman–Crippen LogP) is 2.14. The number of rotatable bonds is 5. The fourth-order valence-corrected chi connectivity index (χ4v) is 3.56. The van der Waals surface area contributed by atoms with Crippen LogP contribution in [0.25, 0.3) is 10.2 Å². The molecule has 3 rings (SSSR count). The normalized spacial score (nSPS) is 12.1. The second kappa shape index (κ2) is 7.20. The van der Waals surface area contributed by atoms with E-state index in [0.717, 1.165) is 21.7 Å². The van der Waals surface area contributed by atoms with Gasteiger partial charge >= 0.3 is 0 Å². The summed E-state index contributed by atoms with van der Waals surface area (Å²) in [7, 11) is 5.08.